The summed E-state index contributed by atoms with van der Waals surface area (Å²) in [5.41, 5.74) is 11.3. The molecule has 0 bridgehead atoms. The van der Waals surface area contributed by atoms with Gasteiger partial charge in [-0.25, -0.2) is 4.98 Å². The maximum absolute atomic E-state index is 12.3. The summed E-state index contributed by atoms with van der Waals surface area (Å²) in [6.07, 6.45) is 4.98. The summed E-state index contributed by atoms with van der Waals surface area (Å²) in [7, 11) is 0. The number of hydrogen-bond acceptors (Lipinski definition) is 8. The van der Waals surface area contributed by atoms with E-state index in [4.69, 9.17) is 10.5 Å². The zero-order valence-corrected chi connectivity index (χ0v) is 19.7. The number of anilines is 1. The van der Waals surface area contributed by atoms with Gasteiger partial charge in [-0.2, -0.15) is 14.8 Å². The smallest absolute Gasteiger partial charge is 0.336 e. The Bertz CT molecular complexity index is 1700. The van der Waals surface area contributed by atoms with Gasteiger partial charge >= 0.3 is 6.01 Å². The van der Waals surface area contributed by atoms with Crippen LogP contribution >= 0.6 is 0 Å². The lowest BCUT2D eigenvalue weighted by Crippen LogP contribution is -2.17. The minimum Gasteiger partial charge on any atom is -0.456 e. The van der Waals surface area contributed by atoms with Gasteiger partial charge < -0.3 is 15.0 Å². The molecule has 0 aliphatic rings. The molecule has 36 heavy (non-hydrogen) atoms. The van der Waals surface area contributed by atoms with E-state index >= 15 is 0 Å². The molecule has 0 aliphatic carbocycles. The first-order valence-corrected chi connectivity index (χ1v) is 11.3. The van der Waals surface area contributed by atoms with E-state index in [9.17, 15) is 10.1 Å². The van der Waals surface area contributed by atoms with Crippen LogP contribution < -0.4 is 16.0 Å². The number of nitrogens with zero attached hydrogens (tertiary/aromatic N) is 7. The molecular formula is C26H22N8O2. The van der Waals surface area contributed by atoms with E-state index in [2.05, 4.69) is 26.1 Å². The van der Waals surface area contributed by atoms with E-state index in [-0.39, 0.29) is 18.2 Å². The molecule has 0 amide bonds. The number of aromatic nitrogens is 6. The topological polar surface area (TPSA) is 137 Å². The van der Waals surface area contributed by atoms with Gasteiger partial charge in [0, 0.05) is 41.8 Å². The molecule has 0 radical (unpaired) electrons. The molecule has 0 atom stereocenters. The molecule has 4 aromatic heterocycles. The minimum absolute atomic E-state index is 0.121. The Kier molecular flexibility index (Phi) is 5.88. The average Bonchev–Trinajstić information content (AvgIpc) is 3.31. The third-order valence-corrected chi connectivity index (χ3v) is 5.86. The summed E-state index contributed by atoms with van der Waals surface area (Å²) in [6.45, 7) is 4.55. The lowest BCUT2D eigenvalue weighted by Gasteiger charge is -2.13. The molecule has 178 valence electrons. The standard InChI is InChI=1S/C26H22N8O2/c1-3-33-13-17(6-9-22(33)35)23-24(20-8-7-19(28)11-18(20)12-27)30-15-34-25(23)31-26(32-34)36-14-21-16(2)5-4-10-29-21/h4-11,13,15H,3,14,28H2,1-2H3. The normalized spacial score (nSPS) is 10.9. The van der Waals surface area contributed by atoms with Gasteiger partial charge in [-0.15, -0.1) is 5.10 Å². The number of aryl methyl sites for hydroxylation is 2. The van der Waals surface area contributed by atoms with Crippen LogP contribution in [0.5, 0.6) is 6.01 Å². The van der Waals surface area contributed by atoms with Crippen molar-refractivity contribution in [3.05, 3.63) is 88.4 Å². The van der Waals surface area contributed by atoms with Crippen LogP contribution in [-0.2, 0) is 13.2 Å². The number of nitriles is 1. The van der Waals surface area contributed by atoms with Crippen molar-refractivity contribution in [1.82, 2.24) is 29.1 Å². The number of rotatable bonds is 6. The zero-order valence-electron chi connectivity index (χ0n) is 19.7. The summed E-state index contributed by atoms with van der Waals surface area (Å²) in [4.78, 5) is 25.9. The Labute approximate surface area is 206 Å². The maximum Gasteiger partial charge on any atom is 0.336 e. The van der Waals surface area contributed by atoms with Gasteiger partial charge in [-0.1, -0.05) is 6.07 Å². The molecule has 0 aliphatic heterocycles. The van der Waals surface area contributed by atoms with Gasteiger partial charge in [0.15, 0.2) is 5.65 Å². The first kappa shape index (κ1) is 22.7. The molecule has 1 aromatic carbocycles. The molecule has 10 heteroatoms. The Morgan fingerprint density at radius 3 is 2.81 bits per heavy atom. The van der Waals surface area contributed by atoms with Gasteiger partial charge in [0.25, 0.3) is 5.56 Å². The van der Waals surface area contributed by atoms with E-state index in [1.54, 1.807) is 41.2 Å². The van der Waals surface area contributed by atoms with Crippen molar-refractivity contribution in [1.29, 1.82) is 5.26 Å². The Morgan fingerprint density at radius 1 is 1.17 bits per heavy atom. The fraction of sp³-hybridized carbons (Fsp3) is 0.154. The van der Waals surface area contributed by atoms with Crippen molar-refractivity contribution in [2.75, 3.05) is 5.73 Å². The highest BCUT2D eigenvalue weighted by Gasteiger charge is 2.21. The number of benzene rings is 1. The third kappa shape index (κ3) is 4.14. The van der Waals surface area contributed by atoms with Gasteiger partial charge in [0.2, 0.25) is 0 Å². The molecule has 5 rings (SSSR count). The van der Waals surface area contributed by atoms with E-state index in [0.29, 0.717) is 45.8 Å². The molecule has 5 aromatic rings. The van der Waals surface area contributed by atoms with E-state index in [0.717, 1.165) is 11.3 Å². The lowest BCUT2D eigenvalue weighted by molar-refractivity contribution is 0.276. The van der Waals surface area contributed by atoms with Crippen LogP contribution in [0.1, 0.15) is 23.7 Å². The van der Waals surface area contributed by atoms with Gasteiger partial charge in [-0.05, 0) is 49.7 Å². The van der Waals surface area contributed by atoms with Crippen molar-refractivity contribution >= 4 is 11.3 Å². The monoisotopic (exact) mass is 478 g/mol. The van der Waals surface area contributed by atoms with Crippen LogP contribution in [0, 0.1) is 18.3 Å². The van der Waals surface area contributed by atoms with Gasteiger partial charge in [-0.3, -0.25) is 9.78 Å². The number of ether oxygens (including phenoxy) is 1. The highest BCUT2D eigenvalue weighted by molar-refractivity contribution is 5.91. The number of pyridine rings is 2. The first-order valence-electron chi connectivity index (χ1n) is 11.3. The van der Waals surface area contributed by atoms with Gasteiger partial charge in [0.1, 0.15) is 12.9 Å². The average molecular weight is 479 g/mol. The van der Waals surface area contributed by atoms with Crippen molar-refractivity contribution in [3.8, 4) is 34.5 Å². The van der Waals surface area contributed by atoms with Crippen molar-refractivity contribution in [2.45, 2.75) is 27.0 Å². The first-order chi connectivity index (χ1) is 17.5. The number of nitrogen functional groups attached to an aromatic ring is 1. The van der Waals surface area contributed by atoms with Crippen molar-refractivity contribution in [3.63, 3.8) is 0 Å². The molecule has 10 nitrogen and oxygen atoms in total. The minimum atomic E-state index is -0.121. The van der Waals surface area contributed by atoms with Crippen molar-refractivity contribution < 1.29 is 4.74 Å². The van der Waals surface area contributed by atoms with Crippen LogP contribution in [0.25, 0.3) is 28.0 Å². The summed E-state index contributed by atoms with van der Waals surface area (Å²) in [5, 5.41) is 14.2. The predicted molar refractivity (Wildman–Crippen MR) is 134 cm³/mol. The second-order valence-corrected chi connectivity index (χ2v) is 8.15. The molecule has 2 N–H and O–H groups in total. The number of fused-ring (bicyclic) bond motifs is 1. The molecular weight excluding hydrogens is 456 g/mol. The highest BCUT2D eigenvalue weighted by Crippen LogP contribution is 2.35. The maximum atomic E-state index is 12.3. The molecule has 0 fully saturated rings. The fourth-order valence-electron chi connectivity index (χ4n) is 3.96. The SMILES string of the molecule is CCn1cc(-c2c(-c3ccc(N)cc3C#N)ncn3nc(OCc4ncccc4C)nc23)ccc1=O. The Hall–Kier alpha value is -5.04. The summed E-state index contributed by atoms with van der Waals surface area (Å²) in [5.74, 6) is 0. The van der Waals surface area contributed by atoms with E-state index in [1.165, 1.54) is 16.9 Å². The van der Waals surface area contributed by atoms with Gasteiger partial charge in [0.05, 0.1) is 28.6 Å². The van der Waals surface area contributed by atoms with Crippen LogP contribution in [0.2, 0.25) is 0 Å². The Morgan fingerprint density at radius 2 is 2.03 bits per heavy atom. The largest absolute Gasteiger partial charge is 0.456 e. The third-order valence-electron chi connectivity index (χ3n) is 5.86. The summed E-state index contributed by atoms with van der Waals surface area (Å²) in [6, 6.07) is 14.5. The number of nitrogens with two attached hydrogens (primary N) is 1. The molecule has 0 unspecified atom stereocenters. The lowest BCUT2D eigenvalue weighted by atomic mass is 9.97. The number of hydrogen-bond donors (Lipinski definition) is 1. The Balaban J connectivity index is 1.69. The summed E-state index contributed by atoms with van der Waals surface area (Å²) < 4.78 is 8.97. The zero-order chi connectivity index (χ0) is 25.2. The second kappa shape index (κ2) is 9.31. The van der Waals surface area contributed by atoms with Crippen LogP contribution in [-0.4, -0.2) is 29.1 Å². The van der Waals surface area contributed by atoms with E-state index < -0.39 is 0 Å². The molecule has 0 saturated heterocycles. The van der Waals surface area contributed by atoms with Crippen LogP contribution in [0.15, 0.2) is 66.0 Å². The van der Waals surface area contributed by atoms with Crippen LogP contribution in [0.3, 0.4) is 0 Å². The summed E-state index contributed by atoms with van der Waals surface area (Å²) >= 11 is 0. The second-order valence-electron chi connectivity index (χ2n) is 8.15. The van der Waals surface area contributed by atoms with E-state index in [1.807, 2.05) is 26.0 Å². The highest BCUT2D eigenvalue weighted by atomic mass is 16.5. The van der Waals surface area contributed by atoms with Crippen molar-refractivity contribution in [2.24, 2.45) is 0 Å². The quantitative estimate of drug-likeness (QED) is 0.367. The fourth-order valence-corrected chi connectivity index (χ4v) is 3.96. The molecule has 0 saturated carbocycles. The predicted octanol–water partition coefficient (Wildman–Crippen LogP) is 3.38. The van der Waals surface area contributed by atoms with Crippen LogP contribution in [0.4, 0.5) is 5.69 Å². The molecule has 0 spiro atoms. The molecule has 4 heterocycles.